The molecule has 0 amide bonds. The predicted octanol–water partition coefficient (Wildman–Crippen LogP) is 4.36. The Morgan fingerprint density at radius 1 is 0.586 bits per heavy atom. The van der Waals surface area contributed by atoms with E-state index in [1.54, 1.807) is 0 Å². The quantitative estimate of drug-likeness (QED) is 0.355. The standard InChI is InChI=1S/C28H28Si/c1-28(2,3)23-14-13-21-27(22-23)29(24-15-7-4-8-16-24,25-17-9-5-10-18-25)26-19-11-6-12-20-26/h4-22H,1-3H3/i13D,14D,21D,22D. The topological polar surface area (TPSA) is 0 Å². The Bertz CT molecular complexity index is 1170. The molecule has 0 saturated carbocycles. The fraction of sp³-hybridized carbons (Fsp3) is 0.143. The summed E-state index contributed by atoms with van der Waals surface area (Å²) < 4.78 is 35.9. The van der Waals surface area contributed by atoms with E-state index in [0.29, 0.717) is 10.8 Å². The fourth-order valence-electron chi connectivity index (χ4n) is 3.90. The van der Waals surface area contributed by atoms with Crippen LogP contribution in [0, 0.1) is 0 Å². The maximum Gasteiger partial charge on any atom is 0.179 e. The largest absolute Gasteiger partial charge is 0.179 e. The van der Waals surface area contributed by atoms with Crippen molar-refractivity contribution < 1.29 is 5.48 Å². The highest BCUT2D eigenvalue weighted by atomic mass is 28.3. The lowest BCUT2D eigenvalue weighted by Crippen LogP contribution is -2.74. The summed E-state index contributed by atoms with van der Waals surface area (Å²) in [5, 5.41) is 3.75. The van der Waals surface area contributed by atoms with E-state index in [9.17, 15) is 1.37 Å². The lowest BCUT2D eigenvalue weighted by atomic mass is 9.87. The molecule has 0 atom stereocenters. The van der Waals surface area contributed by atoms with Crippen LogP contribution < -0.4 is 20.7 Å². The number of hydrogen-bond acceptors (Lipinski definition) is 0. The Balaban J connectivity index is 2.30. The number of benzene rings is 4. The zero-order valence-electron chi connectivity index (χ0n) is 21.2. The van der Waals surface area contributed by atoms with Gasteiger partial charge in [0.15, 0.2) is 8.07 Å². The van der Waals surface area contributed by atoms with Gasteiger partial charge in [0.25, 0.3) is 0 Å². The molecule has 0 unspecified atom stereocenters. The predicted molar refractivity (Wildman–Crippen MR) is 129 cm³/mol. The third kappa shape index (κ3) is 3.59. The second-order valence-electron chi connectivity index (χ2n) is 8.35. The molecule has 4 rings (SSSR count). The van der Waals surface area contributed by atoms with Gasteiger partial charge >= 0.3 is 0 Å². The van der Waals surface area contributed by atoms with E-state index in [-0.39, 0.29) is 24.2 Å². The summed E-state index contributed by atoms with van der Waals surface area (Å²) in [6, 6.07) is 30.5. The van der Waals surface area contributed by atoms with Crippen LogP contribution in [0.3, 0.4) is 0 Å². The van der Waals surface area contributed by atoms with Crippen LogP contribution in [0.2, 0.25) is 0 Å². The minimum absolute atomic E-state index is 0.0128. The average Bonchev–Trinajstić information content (AvgIpc) is 2.81. The van der Waals surface area contributed by atoms with Gasteiger partial charge in [-0.1, -0.05) is 136 Å². The first-order chi connectivity index (χ1) is 15.7. The van der Waals surface area contributed by atoms with E-state index in [0.717, 1.165) is 15.6 Å². The van der Waals surface area contributed by atoms with Crippen molar-refractivity contribution >= 4 is 28.8 Å². The second kappa shape index (κ2) is 7.85. The summed E-state index contributed by atoms with van der Waals surface area (Å²) in [4.78, 5) is 0. The summed E-state index contributed by atoms with van der Waals surface area (Å²) in [6.07, 6.45) is 0. The first kappa shape index (κ1) is 15.0. The molecule has 1 heteroatoms. The summed E-state index contributed by atoms with van der Waals surface area (Å²) >= 11 is 0. The Kier molecular flexibility index (Phi) is 4.06. The summed E-state index contributed by atoms with van der Waals surface area (Å²) in [7, 11) is -3.13. The Morgan fingerprint density at radius 2 is 1.00 bits per heavy atom. The van der Waals surface area contributed by atoms with E-state index in [2.05, 4.69) is 36.4 Å². The van der Waals surface area contributed by atoms with E-state index in [4.69, 9.17) is 4.11 Å². The first-order valence-electron chi connectivity index (χ1n) is 12.0. The van der Waals surface area contributed by atoms with E-state index < -0.39 is 13.5 Å². The van der Waals surface area contributed by atoms with Gasteiger partial charge in [-0.25, -0.2) is 0 Å². The van der Waals surface area contributed by atoms with E-state index >= 15 is 0 Å². The van der Waals surface area contributed by atoms with Gasteiger partial charge in [0.2, 0.25) is 0 Å². The molecule has 0 spiro atoms. The molecule has 4 aromatic rings. The van der Waals surface area contributed by atoms with Gasteiger partial charge in [-0.3, -0.25) is 0 Å². The van der Waals surface area contributed by atoms with Gasteiger partial charge in [0.1, 0.15) is 0 Å². The molecular weight excluding hydrogens is 364 g/mol. The van der Waals surface area contributed by atoms with Crippen molar-refractivity contribution in [2.45, 2.75) is 26.2 Å². The lowest BCUT2D eigenvalue weighted by Gasteiger charge is -2.35. The van der Waals surface area contributed by atoms with Gasteiger partial charge in [-0.2, -0.15) is 0 Å². The molecule has 0 aliphatic rings. The Hall–Kier alpha value is -2.90. The molecule has 4 aromatic carbocycles. The minimum atomic E-state index is -3.13. The third-order valence-electron chi connectivity index (χ3n) is 5.37. The van der Waals surface area contributed by atoms with Gasteiger partial charge in [-0.15, -0.1) is 0 Å². The first-order valence-corrected chi connectivity index (χ1v) is 12.0. The summed E-state index contributed by atoms with van der Waals surface area (Å²) in [5.41, 5.74) is 0.0227. The van der Waals surface area contributed by atoms with Gasteiger partial charge in [0, 0.05) is 0 Å². The molecule has 0 nitrogen and oxygen atoms in total. The van der Waals surface area contributed by atoms with Gasteiger partial charge in [-0.05, 0) is 31.7 Å². The van der Waals surface area contributed by atoms with Crippen LogP contribution in [0.15, 0.2) is 115 Å². The van der Waals surface area contributed by atoms with Crippen LogP contribution in [-0.4, -0.2) is 8.07 Å². The third-order valence-corrected chi connectivity index (χ3v) is 9.97. The smallest absolute Gasteiger partial charge is 0.0623 e. The maximum absolute atomic E-state index is 9.40. The SMILES string of the molecule is [2H]c1c([2H])c(C(C)(C)C)c([2H])c([Si](c2ccccc2)(c2ccccc2)c2ccccc2)c1[2H]. The van der Waals surface area contributed by atoms with Gasteiger partial charge in [0.05, 0.1) is 5.48 Å². The van der Waals surface area contributed by atoms with Crippen molar-refractivity contribution in [2.75, 3.05) is 0 Å². The fourth-order valence-corrected chi connectivity index (χ4v) is 8.41. The molecule has 0 saturated heterocycles. The monoisotopic (exact) mass is 396 g/mol. The van der Waals surface area contributed by atoms with Crippen molar-refractivity contribution in [2.24, 2.45) is 0 Å². The summed E-state index contributed by atoms with van der Waals surface area (Å²) in [6.45, 7) is 5.92. The second-order valence-corrected chi connectivity index (χ2v) is 12.1. The molecular formula is C28H28Si. The van der Waals surface area contributed by atoms with E-state index in [1.807, 2.05) is 75.4 Å². The number of hydrogen-bond donors (Lipinski definition) is 0. The Morgan fingerprint density at radius 3 is 1.38 bits per heavy atom. The zero-order chi connectivity index (χ0) is 23.8. The molecule has 0 aliphatic carbocycles. The average molecular weight is 397 g/mol. The molecule has 0 bridgehead atoms. The van der Waals surface area contributed by atoms with Crippen molar-refractivity contribution in [3.63, 3.8) is 0 Å². The van der Waals surface area contributed by atoms with Gasteiger partial charge < -0.3 is 0 Å². The van der Waals surface area contributed by atoms with Crippen molar-refractivity contribution in [3.05, 3.63) is 121 Å². The molecule has 0 N–H and O–H groups in total. The highest BCUT2D eigenvalue weighted by Crippen LogP contribution is 2.22. The van der Waals surface area contributed by atoms with Crippen LogP contribution >= 0.6 is 0 Å². The van der Waals surface area contributed by atoms with Crippen LogP contribution in [0.5, 0.6) is 0 Å². The minimum Gasteiger partial charge on any atom is -0.0623 e. The van der Waals surface area contributed by atoms with Crippen LogP contribution in [0.1, 0.15) is 31.8 Å². The molecule has 0 heterocycles. The van der Waals surface area contributed by atoms with E-state index in [1.165, 1.54) is 0 Å². The molecule has 144 valence electrons. The van der Waals surface area contributed by atoms with Crippen LogP contribution in [0.4, 0.5) is 0 Å². The maximum atomic E-state index is 9.40. The highest BCUT2D eigenvalue weighted by molar-refractivity contribution is 7.19. The number of rotatable bonds is 4. The molecule has 0 fully saturated rings. The molecule has 0 radical (unpaired) electrons. The summed E-state index contributed by atoms with van der Waals surface area (Å²) in [5.74, 6) is 0. The normalized spacial score (nSPS) is 13.9. The van der Waals surface area contributed by atoms with Crippen LogP contribution in [-0.2, 0) is 5.41 Å². The zero-order valence-corrected chi connectivity index (χ0v) is 18.2. The van der Waals surface area contributed by atoms with Crippen LogP contribution in [0.25, 0.3) is 0 Å². The lowest BCUT2D eigenvalue weighted by molar-refractivity contribution is 0.591. The molecule has 29 heavy (non-hydrogen) atoms. The Labute approximate surface area is 181 Å². The van der Waals surface area contributed by atoms with Crippen molar-refractivity contribution in [1.82, 2.24) is 0 Å². The van der Waals surface area contributed by atoms with Crippen molar-refractivity contribution in [3.8, 4) is 0 Å². The molecule has 0 aliphatic heterocycles. The highest BCUT2D eigenvalue weighted by Gasteiger charge is 2.41. The molecule has 0 aromatic heterocycles. The van der Waals surface area contributed by atoms with Crippen molar-refractivity contribution in [1.29, 1.82) is 0 Å².